The van der Waals surface area contributed by atoms with Crippen LogP contribution in [0.15, 0.2) is 53.7 Å². The maximum Gasteiger partial charge on any atom is 0.268 e. The number of rotatable bonds is 5. The van der Waals surface area contributed by atoms with Crippen LogP contribution in [0, 0.1) is 13.8 Å². The molecule has 0 unspecified atom stereocenters. The van der Waals surface area contributed by atoms with Crippen LogP contribution in [0.4, 0.5) is 5.69 Å². The molecule has 2 aromatic carbocycles. The Labute approximate surface area is 184 Å². The summed E-state index contributed by atoms with van der Waals surface area (Å²) in [5.74, 6) is -0.258. The molecule has 3 aromatic rings. The summed E-state index contributed by atoms with van der Waals surface area (Å²) < 4.78 is 1.83. The Morgan fingerprint density at radius 1 is 1.17 bits per heavy atom. The van der Waals surface area contributed by atoms with Gasteiger partial charge in [0.25, 0.3) is 5.91 Å². The number of benzene rings is 2. The molecular weight excluding hydrogens is 423 g/mol. The van der Waals surface area contributed by atoms with Gasteiger partial charge in [0.2, 0.25) is 6.10 Å². The third-order valence-corrected chi connectivity index (χ3v) is 5.67. The topological polar surface area (TPSA) is 68.5 Å². The summed E-state index contributed by atoms with van der Waals surface area (Å²) in [6.07, 6.45) is -0.305. The lowest BCUT2D eigenvalue weighted by atomic mass is 10.0. The van der Waals surface area contributed by atoms with Gasteiger partial charge in [-0.2, -0.15) is 5.10 Å². The van der Waals surface area contributed by atoms with Crippen molar-refractivity contribution in [2.45, 2.75) is 32.9 Å². The highest BCUT2D eigenvalue weighted by Gasteiger charge is 2.30. The van der Waals surface area contributed by atoms with Crippen molar-refractivity contribution in [1.29, 1.82) is 0 Å². The van der Waals surface area contributed by atoms with Crippen molar-refractivity contribution in [2.24, 2.45) is 5.16 Å². The molecule has 0 aliphatic carbocycles. The van der Waals surface area contributed by atoms with Crippen LogP contribution >= 0.6 is 23.2 Å². The molecule has 1 atom stereocenters. The molecule has 1 aliphatic heterocycles. The third-order valence-electron chi connectivity index (χ3n) is 5.05. The number of halogens is 2. The quantitative estimate of drug-likeness (QED) is 0.605. The van der Waals surface area contributed by atoms with E-state index in [9.17, 15) is 4.79 Å². The van der Waals surface area contributed by atoms with Crippen molar-refractivity contribution in [2.75, 3.05) is 5.32 Å². The predicted octanol–water partition coefficient (Wildman–Crippen LogP) is 4.99. The molecule has 0 saturated carbocycles. The zero-order valence-corrected chi connectivity index (χ0v) is 18.0. The lowest BCUT2D eigenvalue weighted by molar-refractivity contribution is -0.125. The summed E-state index contributed by atoms with van der Waals surface area (Å²) in [6, 6.07) is 14.9. The monoisotopic (exact) mass is 442 g/mol. The minimum Gasteiger partial charge on any atom is -0.382 e. The average molecular weight is 443 g/mol. The fourth-order valence-electron chi connectivity index (χ4n) is 3.35. The average Bonchev–Trinajstić information content (AvgIpc) is 3.32. The highest BCUT2D eigenvalue weighted by Crippen LogP contribution is 2.25. The highest BCUT2D eigenvalue weighted by molar-refractivity contribution is 6.31. The molecule has 6 nitrogen and oxygen atoms in total. The van der Waals surface area contributed by atoms with Gasteiger partial charge in [0.05, 0.1) is 29.3 Å². The van der Waals surface area contributed by atoms with Crippen molar-refractivity contribution >= 4 is 40.5 Å². The van der Waals surface area contributed by atoms with Gasteiger partial charge in [-0.15, -0.1) is 0 Å². The number of nitrogens with one attached hydrogen (secondary N) is 1. The van der Waals surface area contributed by atoms with E-state index in [1.807, 2.05) is 54.9 Å². The van der Waals surface area contributed by atoms with Gasteiger partial charge in [0.1, 0.15) is 0 Å². The summed E-state index contributed by atoms with van der Waals surface area (Å²) in [5, 5.41) is 12.9. The first-order chi connectivity index (χ1) is 14.4. The van der Waals surface area contributed by atoms with E-state index in [0.29, 0.717) is 28.7 Å². The molecule has 0 fully saturated rings. The van der Waals surface area contributed by atoms with Crippen molar-refractivity contribution in [3.05, 3.63) is 81.1 Å². The Hall–Kier alpha value is -2.83. The van der Waals surface area contributed by atoms with Crippen LogP contribution < -0.4 is 5.32 Å². The second-order valence-corrected chi connectivity index (χ2v) is 7.97. The van der Waals surface area contributed by atoms with E-state index in [-0.39, 0.29) is 5.91 Å². The van der Waals surface area contributed by atoms with Crippen molar-refractivity contribution in [3.8, 4) is 0 Å². The van der Waals surface area contributed by atoms with Crippen LogP contribution in [-0.2, 0) is 16.2 Å². The molecule has 1 aliphatic rings. The maximum atomic E-state index is 12.8. The van der Waals surface area contributed by atoms with Gasteiger partial charge >= 0.3 is 0 Å². The Morgan fingerprint density at radius 3 is 2.63 bits per heavy atom. The van der Waals surface area contributed by atoms with Crippen LogP contribution in [0.25, 0.3) is 0 Å². The van der Waals surface area contributed by atoms with E-state index in [4.69, 9.17) is 28.0 Å². The Balaban J connectivity index is 1.45. The number of anilines is 1. The zero-order chi connectivity index (χ0) is 21.3. The lowest BCUT2D eigenvalue weighted by Gasteiger charge is -2.11. The zero-order valence-electron chi connectivity index (χ0n) is 16.5. The van der Waals surface area contributed by atoms with Crippen LogP contribution in [0.2, 0.25) is 10.0 Å². The molecule has 8 heteroatoms. The summed E-state index contributed by atoms with van der Waals surface area (Å²) in [5.41, 5.74) is 4.81. The summed E-state index contributed by atoms with van der Waals surface area (Å²) in [4.78, 5) is 18.2. The molecule has 4 rings (SSSR count). The standard InChI is InChI=1S/C22H20Cl2N4O2/c1-13-21(14(2)28(26-13)12-16-5-3-4-6-18(16)24)25-22(29)20-11-19(27-30-20)15-7-9-17(23)10-8-15/h3-10,20H,11-12H2,1-2H3,(H,25,29)/t20-/m1/s1. The Kier molecular flexibility index (Phi) is 5.79. The van der Waals surface area contributed by atoms with E-state index in [0.717, 1.165) is 28.2 Å². The van der Waals surface area contributed by atoms with E-state index in [2.05, 4.69) is 15.6 Å². The molecule has 0 saturated heterocycles. The molecule has 30 heavy (non-hydrogen) atoms. The predicted molar refractivity (Wildman–Crippen MR) is 118 cm³/mol. The first-order valence-electron chi connectivity index (χ1n) is 9.49. The highest BCUT2D eigenvalue weighted by atomic mass is 35.5. The normalized spacial score (nSPS) is 15.6. The number of hydrogen-bond donors (Lipinski definition) is 1. The van der Waals surface area contributed by atoms with Gasteiger partial charge in [0.15, 0.2) is 0 Å². The number of oxime groups is 1. The second kappa shape index (κ2) is 8.50. The third kappa shape index (κ3) is 4.20. The number of aryl methyl sites for hydroxylation is 1. The molecule has 1 amide bonds. The molecule has 0 spiro atoms. The van der Waals surface area contributed by atoms with Gasteiger partial charge < -0.3 is 10.2 Å². The molecular formula is C22H20Cl2N4O2. The van der Waals surface area contributed by atoms with Gasteiger partial charge in [-0.1, -0.05) is 58.7 Å². The smallest absolute Gasteiger partial charge is 0.268 e. The SMILES string of the molecule is Cc1nn(Cc2ccccc2Cl)c(C)c1NC(=O)[C@H]1CC(c2ccc(Cl)cc2)=NO1. The minimum absolute atomic E-state index is 0.258. The summed E-state index contributed by atoms with van der Waals surface area (Å²) >= 11 is 12.2. The fraction of sp³-hybridized carbons (Fsp3) is 0.227. The van der Waals surface area contributed by atoms with Crippen molar-refractivity contribution in [3.63, 3.8) is 0 Å². The van der Waals surface area contributed by atoms with Crippen LogP contribution in [-0.4, -0.2) is 27.5 Å². The van der Waals surface area contributed by atoms with E-state index >= 15 is 0 Å². The fourth-order valence-corrected chi connectivity index (χ4v) is 3.68. The lowest BCUT2D eigenvalue weighted by Crippen LogP contribution is -2.28. The molecule has 154 valence electrons. The number of hydrogen-bond acceptors (Lipinski definition) is 4. The van der Waals surface area contributed by atoms with Gasteiger partial charge in [0, 0.05) is 16.5 Å². The van der Waals surface area contributed by atoms with E-state index in [1.165, 1.54) is 0 Å². The Bertz CT molecular complexity index is 1120. The van der Waals surface area contributed by atoms with Crippen LogP contribution in [0.5, 0.6) is 0 Å². The number of nitrogens with zero attached hydrogens (tertiary/aromatic N) is 3. The van der Waals surface area contributed by atoms with Crippen molar-refractivity contribution < 1.29 is 9.63 Å². The van der Waals surface area contributed by atoms with Gasteiger partial charge in [-0.25, -0.2) is 0 Å². The second-order valence-electron chi connectivity index (χ2n) is 7.13. The number of carbonyl (C=O) groups is 1. The van der Waals surface area contributed by atoms with Gasteiger partial charge in [-0.05, 0) is 43.2 Å². The van der Waals surface area contributed by atoms with Crippen LogP contribution in [0.3, 0.4) is 0 Å². The number of aromatic nitrogens is 2. The Morgan fingerprint density at radius 2 is 1.90 bits per heavy atom. The molecule has 1 aromatic heterocycles. The molecule has 0 bridgehead atoms. The van der Waals surface area contributed by atoms with Crippen LogP contribution in [0.1, 0.15) is 28.9 Å². The number of amides is 1. The van der Waals surface area contributed by atoms with E-state index in [1.54, 1.807) is 12.1 Å². The maximum absolute atomic E-state index is 12.8. The molecule has 2 heterocycles. The van der Waals surface area contributed by atoms with Gasteiger partial charge in [-0.3, -0.25) is 9.48 Å². The molecule has 1 N–H and O–H groups in total. The van der Waals surface area contributed by atoms with E-state index < -0.39 is 6.10 Å². The first-order valence-corrected chi connectivity index (χ1v) is 10.2. The summed E-state index contributed by atoms with van der Waals surface area (Å²) in [7, 11) is 0. The largest absolute Gasteiger partial charge is 0.382 e. The number of carbonyl (C=O) groups excluding carboxylic acids is 1. The van der Waals surface area contributed by atoms with Crippen molar-refractivity contribution in [1.82, 2.24) is 9.78 Å². The molecule has 0 radical (unpaired) electrons. The first kappa shape index (κ1) is 20.4. The summed E-state index contributed by atoms with van der Waals surface area (Å²) in [6.45, 7) is 4.29. The minimum atomic E-state index is -0.693.